The average Bonchev–Trinajstić information content (AvgIpc) is 1.86. The van der Waals surface area contributed by atoms with Gasteiger partial charge in [-0.1, -0.05) is 6.92 Å². The molecule has 1 unspecified atom stereocenters. The van der Waals surface area contributed by atoms with Crippen molar-refractivity contribution in [3.05, 3.63) is 0 Å². The molecule has 0 saturated heterocycles. The van der Waals surface area contributed by atoms with E-state index in [2.05, 4.69) is 5.32 Å². The Morgan fingerprint density at radius 2 is 2.27 bits per heavy atom. The average molecular weight is 181 g/mol. The van der Waals surface area contributed by atoms with E-state index in [-0.39, 0.29) is 5.75 Å². The van der Waals surface area contributed by atoms with Gasteiger partial charge in [0, 0.05) is 0 Å². The highest BCUT2D eigenvalue weighted by Crippen LogP contribution is 1.86. The van der Waals surface area contributed by atoms with Crippen LogP contribution in [0.5, 0.6) is 0 Å². The summed E-state index contributed by atoms with van der Waals surface area (Å²) in [5.74, 6) is -1.38. The fraction of sp³-hybridized carbons (Fsp3) is 0.800. The summed E-state index contributed by atoms with van der Waals surface area (Å²) in [7, 11) is 0. The second-order valence-electron chi connectivity index (χ2n) is 1.94. The van der Waals surface area contributed by atoms with Gasteiger partial charge in [0.25, 0.3) is 0 Å². The molecule has 0 spiro atoms. The summed E-state index contributed by atoms with van der Waals surface area (Å²) >= 11 is -2.06. The molecular weight excluding hydrogens is 170 g/mol. The number of hydrogen-bond acceptors (Lipinski definition) is 3. The van der Waals surface area contributed by atoms with E-state index in [9.17, 15) is 9.00 Å². The fourth-order valence-electron chi connectivity index (χ4n) is 0.607. The van der Waals surface area contributed by atoms with Crippen LogP contribution in [-0.4, -0.2) is 38.2 Å². The van der Waals surface area contributed by atoms with E-state index in [1.165, 1.54) is 0 Å². The molecule has 6 heteroatoms. The SMILES string of the molecule is CCN[C@H](CS(=O)O)C(=O)O. The van der Waals surface area contributed by atoms with E-state index in [4.69, 9.17) is 9.66 Å². The molecule has 0 amide bonds. The van der Waals surface area contributed by atoms with Gasteiger partial charge < -0.3 is 15.0 Å². The molecule has 0 fully saturated rings. The molecule has 0 saturated carbocycles. The minimum atomic E-state index is -2.06. The van der Waals surface area contributed by atoms with Gasteiger partial charge in [-0.05, 0) is 6.54 Å². The maximum atomic E-state index is 10.3. The molecule has 66 valence electrons. The molecule has 0 radical (unpaired) electrons. The van der Waals surface area contributed by atoms with Crippen LogP contribution in [0.2, 0.25) is 0 Å². The number of carboxylic acid groups (broad SMARTS) is 1. The van der Waals surface area contributed by atoms with Gasteiger partial charge in [0.05, 0.1) is 5.75 Å². The Kier molecular flexibility index (Phi) is 5.01. The van der Waals surface area contributed by atoms with Crippen molar-refractivity contribution in [1.82, 2.24) is 5.32 Å². The number of nitrogens with one attached hydrogen (secondary N) is 1. The number of likely N-dealkylation sites (N-methyl/N-ethyl adjacent to an activating group) is 1. The first kappa shape index (κ1) is 10.5. The Morgan fingerprint density at radius 3 is 2.55 bits per heavy atom. The quantitative estimate of drug-likeness (QED) is 0.487. The molecule has 0 aliphatic rings. The molecule has 0 aromatic rings. The monoisotopic (exact) mass is 181 g/mol. The Morgan fingerprint density at radius 1 is 1.73 bits per heavy atom. The third-order valence-corrected chi connectivity index (χ3v) is 1.68. The third kappa shape index (κ3) is 4.88. The van der Waals surface area contributed by atoms with Crippen LogP contribution < -0.4 is 5.32 Å². The second-order valence-corrected chi connectivity index (χ2v) is 2.91. The summed E-state index contributed by atoms with van der Waals surface area (Å²) in [4.78, 5) is 10.3. The zero-order chi connectivity index (χ0) is 8.85. The van der Waals surface area contributed by atoms with Gasteiger partial charge in [0.15, 0.2) is 11.1 Å². The van der Waals surface area contributed by atoms with Crippen LogP contribution >= 0.6 is 0 Å². The summed E-state index contributed by atoms with van der Waals surface area (Å²) < 4.78 is 18.6. The van der Waals surface area contributed by atoms with Gasteiger partial charge >= 0.3 is 5.97 Å². The molecule has 5 nitrogen and oxygen atoms in total. The van der Waals surface area contributed by atoms with Crippen LogP contribution in [0.25, 0.3) is 0 Å². The van der Waals surface area contributed by atoms with Crippen LogP contribution in [0.4, 0.5) is 0 Å². The van der Waals surface area contributed by atoms with Gasteiger partial charge in [-0.3, -0.25) is 4.79 Å². The molecule has 0 aliphatic heterocycles. The van der Waals surface area contributed by atoms with Crippen LogP contribution in [0.1, 0.15) is 6.92 Å². The smallest absolute Gasteiger partial charge is 0.321 e. The van der Waals surface area contributed by atoms with Gasteiger partial charge in [0.2, 0.25) is 0 Å². The van der Waals surface area contributed by atoms with E-state index in [0.29, 0.717) is 6.54 Å². The highest BCUT2D eigenvalue weighted by atomic mass is 32.2. The lowest BCUT2D eigenvalue weighted by Crippen LogP contribution is -2.40. The molecule has 0 aliphatic carbocycles. The summed E-state index contributed by atoms with van der Waals surface area (Å²) in [6.45, 7) is 2.20. The third-order valence-electron chi connectivity index (χ3n) is 1.06. The summed E-state index contributed by atoms with van der Waals surface area (Å²) in [5.41, 5.74) is 0. The van der Waals surface area contributed by atoms with Crippen LogP contribution in [-0.2, 0) is 15.9 Å². The van der Waals surface area contributed by atoms with E-state index in [0.717, 1.165) is 0 Å². The largest absolute Gasteiger partial charge is 0.480 e. The van der Waals surface area contributed by atoms with Gasteiger partial charge in [-0.2, -0.15) is 0 Å². The predicted octanol–water partition coefficient (Wildman–Crippen LogP) is -0.729. The number of hydrogen-bond donors (Lipinski definition) is 3. The highest BCUT2D eigenvalue weighted by Gasteiger charge is 2.17. The van der Waals surface area contributed by atoms with E-state index < -0.39 is 23.1 Å². The van der Waals surface area contributed by atoms with Crippen molar-refractivity contribution in [3.63, 3.8) is 0 Å². The predicted molar refractivity (Wildman–Crippen MR) is 40.7 cm³/mol. The first-order valence-corrected chi connectivity index (χ1v) is 4.39. The molecule has 3 N–H and O–H groups in total. The maximum absolute atomic E-state index is 10.3. The molecule has 0 rings (SSSR count). The normalized spacial score (nSPS) is 15.8. The van der Waals surface area contributed by atoms with Gasteiger partial charge in [-0.25, -0.2) is 4.21 Å². The van der Waals surface area contributed by atoms with Gasteiger partial charge in [0.1, 0.15) is 6.04 Å². The topological polar surface area (TPSA) is 86.6 Å². The van der Waals surface area contributed by atoms with Crippen molar-refractivity contribution in [2.75, 3.05) is 12.3 Å². The summed E-state index contributed by atoms with van der Waals surface area (Å²) in [6, 6.07) is -0.925. The van der Waals surface area contributed by atoms with Crippen LogP contribution in [0.3, 0.4) is 0 Å². The highest BCUT2D eigenvalue weighted by molar-refractivity contribution is 7.79. The molecular formula is C5H11NO4S. The minimum Gasteiger partial charge on any atom is -0.480 e. The fourth-order valence-corrected chi connectivity index (χ4v) is 1.15. The van der Waals surface area contributed by atoms with Crippen molar-refractivity contribution in [1.29, 1.82) is 0 Å². The van der Waals surface area contributed by atoms with Crippen molar-refractivity contribution in [3.8, 4) is 0 Å². The Balaban J connectivity index is 3.89. The molecule has 11 heavy (non-hydrogen) atoms. The molecule has 0 bridgehead atoms. The summed E-state index contributed by atoms with van der Waals surface area (Å²) in [5, 5.41) is 11.0. The first-order chi connectivity index (χ1) is 5.07. The molecule has 0 heterocycles. The van der Waals surface area contributed by atoms with E-state index >= 15 is 0 Å². The lowest BCUT2D eigenvalue weighted by molar-refractivity contribution is -0.138. The number of rotatable bonds is 5. The standard InChI is InChI=1S/C5H11NO4S/c1-2-6-4(5(7)8)3-11(9)10/h4,6H,2-3H2,1H3,(H,7,8)(H,9,10)/t4-/m1/s1. The maximum Gasteiger partial charge on any atom is 0.321 e. The van der Waals surface area contributed by atoms with Crippen molar-refractivity contribution in [2.24, 2.45) is 0 Å². The summed E-state index contributed by atoms with van der Waals surface area (Å²) in [6.07, 6.45) is 0. The van der Waals surface area contributed by atoms with Crippen molar-refractivity contribution >= 4 is 17.0 Å². The molecule has 2 atom stereocenters. The van der Waals surface area contributed by atoms with E-state index in [1.54, 1.807) is 6.92 Å². The number of aliphatic carboxylic acids is 1. The lowest BCUT2D eigenvalue weighted by atomic mass is 10.3. The van der Waals surface area contributed by atoms with Crippen LogP contribution in [0, 0.1) is 0 Å². The van der Waals surface area contributed by atoms with E-state index in [1.807, 2.05) is 0 Å². The Bertz CT molecular complexity index is 161. The molecule has 0 aromatic heterocycles. The van der Waals surface area contributed by atoms with Crippen molar-refractivity contribution in [2.45, 2.75) is 13.0 Å². The number of carbonyl (C=O) groups is 1. The Labute approximate surface area is 67.1 Å². The zero-order valence-corrected chi connectivity index (χ0v) is 6.93. The molecule has 0 aromatic carbocycles. The lowest BCUT2D eigenvalue weighted by Gasteiger charge is -2.09. The second kappa shape index (κ2) is 5.22. The van der Waals surface area contributed by atoms with Crippen LogP contribution in [0.15, 0.2) is 0 Å². The number of carboxylic acids is 1. The van der Waals surface area contributed by atoms with Crippen molar-refractivity contribution < 1.29 is 18.7 Å². The first-order valence-electron chi connectivity index (χ1n) is 3.11. The minimum absolute atomic E-state index is 0.275. The van der Waals surface area contributed by atoms with Gasteiger partial charge in [-0.15, -0.1) is 0 Å². The zero-order valence-electron chi connectivity index (χ0n) is 6.11. The Hall–Kier alpha value is -0.460.